The summed E-state index contributed by atoms with van der Waals surface area (Å²) in [4.78, 5) is 12.8. The Kier molecular flexibility index (Phi) is 5.00. The Bertz CT molecular complexity index is 383. The second-order valence-electron chi connectivity index (χ2n) is 6.39. The summed E-state index contributed by atoms with van der Waals surface area (Å²) >= 11 is 0. The second-order valence-corrected chi connectivity index (χ2v) is 6.39. The van der Waals surface area contributed by atoms with Crippen LogP contribution in [-0.2, 0) is 4.79 Å². The van der Waals surface area contributed by atoms with E-state index >= 15 is 0 Å². The molecule has 4 nitrogen and oxygen atoms in total. The van der Waals surface area contributed by atoms with Gasteiger partial charge in [0.1, 0.15) is 6.29 Å². The van der Waals surface area contributed by atoms with E-state index < -0.39 is 18.3 Å². The van der Waals surface area contributed by atoms with E-state index in [9.17, 15) is 18.0 Å². The first-order valence-electron chi connectivity index (χ1n) is 7.29. The van der Waals surface area contributed by atoms with E-state index in [4.69, 9.17) is 10.8 Å². The number of fused-ring (bicyclic) bond motifs is 1. The van der Waals surface area contributed by atoms with E-state index in [1.54, 1.807) is 0 Å². The summed E-state index contributed by atoms with van der Waals surface area (Å²) in [7, 11) is 1.07. The van der Waals surface area contributed by atoms with Crippen molar-refractivity contribution >= 4 is 13.8 Å². The first-order chi connectivity index (χ1) is 9.79. The van der Waals surface area contributed by atoms with Crippen molar-refractivity contribution in [3.8, 4) is 0 Å². The minimum atomic E-state index is -4.19. The number of hydrogen-bond donors (Lipinski definition) is 2. The topological polar surface area (TPSA) is 66.6 Å². The van der Waals surface area contributed by atoms with Gasteiger partial charge in [0.05, 0.1) is 12.1 Å². The average molecular weight is 305 g/mol. The highest BCUT2D eigenvalue weighted by atomic mass is 19.4. The Balaban J connectivity index is 2.01. The van der Waals surface area contributed by atoms with E-state index in [1.165, 1.54) is 4.90 Å². The lowest BCUT2D eigenvalue weighted by Gasteiger charge is -2.30. The molecule has 0 aromatic heterocycles. The molecule has 8 heteroatoms. The molecule has 1 heterocycles. The monoisotopic (exact) mass is 305 g/mol. The first kappa shape index (κ1) is 16.8. The Morgan fingerprint density at radius 1 is 1.43 bits per heavy atom. The third-order valence-corrected chi connectivity index (χ3v) is 4.86. The van der Waals surface area contributed by atoms with Crippen LogP contribution in [0.1, 0.15) is 19.3 Å². The fourth-order valence-electron chi connectivity index (χ4n) is 4.09. The minimum absolute atomic E-state index is 0.0428. The molecule has 1 saturated carbocycles. The van der Waals surface area contributed by atoms with Gasteiger partial charge in [-0.3, -0.25) is 4.90 Å². The summed E-state index contributed by atoms with van der Waals surface area (Å²) in [5.41, 5.74) is 5.24. The minimum Gasteiger partial charge on any atom is -0.454 e. The van der Waals surface area contributed by atoms with Gasteiger partial charge in [0.15, 0.2) is 0 Å². The molecule has 119 valence electrons. The van der Waals surface area contributed by atoms with Crippen LogP contribution in [0.4, 0.5) is 13.2 Å². The third kappa shape index (κ3) is 3.79. The largest absolute Gasteiger partial charge is 0.454 e. The zero-order valence-corrected chi connectivity index (χ0v) is 11.9. The van der Waals surface area contributed by atoms with Gasteiger partial charge < -0.3 is 15.6 Å². The van der Waals surface area contributed by atoms with Crippen molar-refractivity contribution in [2.75, 3.05) is 19.6 Å². The summed E-state index contributed by atoms with van der Waals surface area (Å²) in [5.74, 6) is 0.00471. The SMILES string of the molecule is NC1(C=O)CC2CN(CC(F)(F)F)CC2C1CCC[B]O. The van der Waals surface area contributed by atoms with Gasteiger partial charge >= 0.3 is 6.18 Å². The molecule has 2 rings (SSSR count). The summed E-state index contributed by atoms with van der Waals surface area (Å²) in [6, 6.07) is 0. The summed E-state index contributed by atoms with van der Waals surface area (Å²) < 4.78 is 37.5. The lowest BCUT2D eigenvalue weighted by Crippen LogP contribution is -2.48. The van der Waals surface area contributed by atoms with Crippen LogP contribution in [-0.4, -0.2) is 55.0 Å². The number of rotatable bonds is 6. The van der Waals surface area contributed by atoms with Gasteiger partial charge in [0, 0.05) is 13.1 Å². The number of carbonyl (C=O) groups is 1. The van der Waals surface area contributed by atoms with Crippen LogP contribution in [0, 0.1) is 17.8 Å². The van der Waals surface area contributed by atoms with E-state index in [-0.39, 0.29) is 17.8 Å². The smallest absolute Gasteiger partial charge is 0.401 e. The number of alkyl halides is 3. The first-order valence-corrected chi connectivity index (χ1v) is 7.29. The highest BCUT2D eigenvalue weighted by Gasteiger charge is 2.54. The zero-order valence-electron chi connectivity index (χ0n) is 11.9. The summed E-state index contributed by atoms with van der Waals surface area (Å²) in [6.07, 6.45) is -1.10. The van der Waals surface area contributed by atoms with Crippen molar-refractivity contribution in [3.63, 3.8) is 0 Å². The molecule has 0 bridgehead atoms. The van der Waals surface area contributed by atoms with Gasteiger partial charge in [-0.1, -0.05) is 12.7 Å². The molecule has 3 N–H and O–H groups in total. The molecule has 1 saturated heterocycles. The lowest BCUT2D eigenvalue weighted by atomic mass is 9.78. The van der Waals surface area contributed by atoms with Gasteiger partial charge in [-0.05, 0) is 30.6 Å². The van der Waals surface area contributed by atoms with Gasteiger partial charge in [0.25, 0.3) is 7.48 Å². The fourth-order valence-corrected chi connectivity index (χ4v) is 4.09. The van der Waals surface area contributed by atoms with Crippen LogP contribution >= 0.6 is 0 Å². The normalized spacial score (nSPS) is 36.7. The van der Waals surface area contributed by atoms with E-state index in [2.05, 4.69) is 0 Å². The number of nitrogens with two attached hydrogens (primary N) is 1. The molecule has 1 radical (unpaired) electrons. The maximum Gasteiger partial charge on any atom is 0.401 e. The van der Waals surface area contributed by atoms with Crippen molar-refractivity contribution < 1.29 is 23.0 Å². The van der Waals surface area contributed by atoms with Crippen molar-refractivity contribution in [1.29, 1.82) is 0 Å². The Morgan fingerprint density at radius 3 is 2.71 bits per heavy atom. The molecule has 0 spiro atoms. The van der Waals surface area contributed by atoms with Gasteiger partial charge in [0.2, 0.25) is 0 Å². The molecule has 1 aliphatic heterocycles. The quantitative estimate of drug-likeness (QED) is 0.433. The van der Waals surface area contributed by atoms with E-state index in [0.29, 0.717) is 38.7 Å². The van der Waals surface area contributed by atoms with Gasteiger partial charge in [-0.2, -0.15) is 13.2 Å². The maximum atomic E-state index is 12.5. The van der Waals surface area contributed by atoms with Crippen LogP contribution < -0.4 is 5.73 Å². The van der Waals surface area contributed by atoms with Crippen LogP contribution in [0.15, 0.2) is 0 Å². The molecule has 2 fully saturated rings. The van der Waals surface area contributed by atoms with Crippen LogP contribution in [0.5, 0.6) is 0 Å². The number of hydrogen-bond acceptors (Lipinski definition) is 4. The molecule has 1 aliphatic carbocycles. The maximum absolute atomic E-state index is 12.5. The van der Waals surface area contributed by atoms with Crippen molar-refractivity contribution in [3.05, 3.63) is 0 Å². The Labute approximate surface area is 123 Å². The number of likely N-dealkylation sites (tertiary alicyclic amines) is 1. The van der Waals surface area contributed by atoms with E-state index in [0.717, 1.165) is 13.8 Å². The molecule has 0 aromatic rings. The number of halogens is 3. The van der Waals surface area contributed by atoms with Gasteiger partial charge in [-0.15, -0.1) is 0 Å². The number of aldehydes is 1. The fraction of sp³-hybridized carbons (Fsp3) is 0.923. The molecule has 4 unspecified atom stereocenters. The lowest BCUT2D eigenvalue weighted by molar-refractivity contribution is -0.144. The number of carbonyl (C=O) groups excluding carboxylic acids is 1. The van der Waals surface area contributed by atoms with Crippen molar-refractivity contribution in [2.45, 2.75) is 37.3 Å². The molecule has 0 amide bonds. The average Bonchev–Trinajstić information content (AvgIpc) is 2.84. The van der Waals surface area contributed by atoms with Crippen LogP contribution in [0.25, 0.3) is 0 Å². The molecule has 2 aliphatic rings. The molecule has 0 aromatic carbocycles. The van der Waals surface area contributed by atoms with Crippen molar-refractivity contribution in [2.24, 2.45) is 23.5 Å². The highest BCUT2D eigenvalue weighted by molar-refractivity contribution is 6.25. The highest BCUT2D eigenvalue weighted by Crippen LogP contribution is 2.48. The van der Waals surface area contributed by atoms with Crippen molar-refractivity contribution in [1.82, 2.24) is 4.90 Å². The predicted octanol–water partition coefficient (Wildman–Crippen LogP) is 0.823. The summed E-state index contributed by atoms with van der Waals surface area (Å²) in [6.45, 7) is -0.181. The standard InChI is InChI=1S/C13H21BF3N2O2/c15-13(16,17)7-19-5-9-4-12(18,8-20)11(10(9)6-19)2-1-3-14-21/h8-11,21H,1-7,18H2. The number of nitrogens with zero attached hydrogens (tertiary/aromatic N) is 1. The zero-order chi connectivity index (χ0) is 15.7. The summed E-state index contributed by atoms with van der Waals surface area (Å²) in [5, 5.41) is 8.73. The predicted molar refractivity (Wildman–Crippen MR) is 72.6 cm³/mol. The Hall–Kier alpha value is -0.595. The molecular weight excluding hydrogens is 284 g/mol. The molecule has 21 heavy (non-hydrogen) atoms. The third-order valence-electron chi connectivity index (χ3n) is 4.86. The molecule has 4 atom stereocenters. The van der Waals surface area contributed by atoms with E-state index in [1.807, 2.05) is 0 Å². The Morgan fingerprint density at radius 2 is 2.14 bits per heavy atom. The second kappa shape index (κ2) is 6.26. The van der Waals surface area contributed by atoms with Crippen LogP contribution in [0.3, 0.4) is 0 Å². The van der Waals surface area contributed by atoms with Crippen LogP contribution in [0.2, 0.25) is 6.32 Å². The van der Waals surface area contributed by atoms with Gasteiger partial charge in [-0.25, -0.2) is 0 Å². The molecular formula is C13H21BF3N2O2.